The second-order valence-corrected chi connectivity index (χ2v) is 7.50. The molecule has 1 aromatic rings. The summed E-state index contributed by atoms with van der Waals surface area (Å²) < 4.78 is 31.7. The van der Waals surface area contributed by atoms with Gasteiger partial charge in [-0.15, -0.1) is 0 Å². The Balaban J connectivity index is 2.04. The van der Waals surface area contributed by atoms with E-state index in [1.165, 1.54) is 4.31 Å². The number of carbonyl (C=O) groups is 1. The van der Waals surface area contributed by atoms with E-state index in [4.69, 9.17) is 4.52 Å². The molecular weight excluding hydrogens is 306 g/mol. The van der Waals surface area contributed by atoms with Crippen LogP contribution in [0.25, 0.3) is 0 Å². The van der Waals surface area contributed by atoms with Crippen LogP contribution in [-0.2, 0) is 14.8 Å². The molecule has 2 rings (SSSR count). The largest absolute Gasteiger partial charge is 0.360 e. The molecule has 1 fully saturated rings. The molecule has 1 aliphatic rings. The van der Waals surface area contributed by atoms with Crippen molar-refractivity contribution < 1.29 is 17.7 Å². The molecule has 1 aromatic heterocycles. The van der Waals surface area contributed by atoms with E-state index in [2.05, 4.69) is 10.5 Å². The molecule has 7 nitrogen and oxygen atoms in total. The van der Waals surface area contributed by atoms with Gasteiger partial charge in [-0.1, -0.05) is 12.1 Å². The standard InChI is InChI=1S/C14H23N3O4S/c1-4-7-15-14(18)12-5-8-17(9-6-12)22(19,20)13-10(2)16-21-11(13)3/h12H,4-9H2,1-3H3,(H,15,18). The molecule has 1 N–H and O–H groups in total. The highest BCUT2D eigenvalue weighted by Crippen LogP contribution is 2.27. The van der Waals surface area contributed by atoms with Gasteiger partial charge in [-0.05, 0) is 33.1 Å². The Labute approximate surface area is 131 Å². The normalized spacial score (nSPS) is 17.6. The number of rotatable bonds is 5. The summed E-state index contributed by atoms with van der Waals surface area (Å²) in [6.07, 6.45) is 1.97. The van der Waals surface area contributed by atoms with E-state index in [0.717, 1.165) is 6.42 Å². The minimum atomic E-state index is -3.60. The predicted molar refractivity (Wildman–Crippen MR) is 80.8 cm³/mol. The van der Waals surface area contributed by atoms with E-state index in [1.807, 2.05) is 6.92 Å². The van der Waals surface area contributed by atoms with E-state index in [1.54, 1.807) is 13.8 Å². The van der Waals surface area contributed by atoms with Gasteiger partial charge in [-0.25, -0.2) is 8.42 Å². The van der Waals surface area contributed by atoms with Gasteiger partial charge in [0.05, 0.1) is 0 Å². The van der Waals surface area contributed by atoms with E-state index in [0.29, 0.717) is 43.9 Å². The maximum atomic E-state index is 12.7. The number of sulfonamides is 1. The van der Waals surface area contributed by atoms with Crippen LogP contribution in [0.15, 0.2) is 9.42 Å². The van der Waals surface area contributed by atoms with Crippen LogP contribution in [0.2, 0.25) is 0 Å². The average Bonchev–Trinajstić information content (AvgIpc) is 2.84. The lowest BCUT2D eigenvalue weighted by Crippen LogP contribution is -2.43. The van der Waals surface area contributed by atoms with Crippen molar-refractivity contribution in [3.8, 4) is 0 Å². The van der Waals surface area contributed by atoms with Crippen molar-refractivity contribution in [2.75, 3.05) is 19.6 Å². The number of nitrogens with one attached hydrogen (secondary N) is 1. The summed E-state index contributed by atoms with van der Waals surface area (Å²) in [7, 11) is -3.60. The zero-order chi connectivity index (χ0) is 16.3. The van der Waals surface area contributed by atoms with Gasteiger partial charge in [0, 0.05) is 25.6 Å². The number of piperidine rings is 1. The molecule has 0 bridgehead atoms. The fraction of sp³-hybridized carbons (Fsp3) is 0.714. The quantitative estimate of drug-likeness (QED) is 0.877. The van der Waals surface area contributed by atoms with Gasteiger partial charge in [0.2, 0.25) is 15.9 Å². The Kier molecular flexibility index (Phi) is 5.23. The summed E-state index contributed by atoms with van der Waals surface area (Å²) in [5.41, 5.74) is 0.375. The first-order valence-corrected chi connectivity index (χ1v) is 9.02. The second-order valence-electron chi connectivity index (χ2n) is 5.62. The summed E-state index contributed by atoms with van der Waals surface area (Å²) >= 11 is 0. The number of nitrogens with zero attached hydrogens (tertiary/aromatic N) is 2. The first-order valence-electron chi connectivity index (χ1n) is 7.58. The Morgan fingerprint density at radius 2 is 2.00 bits per heavy atom. The Morgan fingerprint density at radius 3 is 2.50 bits per heavy atom. The van der Waals surface area contributed by atoms with Gasteiger partial charge >= 0.3 is 0 Å². The second kappa shape index (κ2) is 6.78. The average molecular weight is 329 g/mol. The number of amides is 1. The van der Waals surface area contributed by atoms with Crippen molar-refractivity contribution >= 4 is 15.9 Å². The van der Waals surface area contributed by atoms with Gasteiger partial charge in [-0.2, -0.15) is 4.31 Å². The predicted octanol–water partition coefficient (Wildman–Crippen LogP) is 1.22. The van der Waals surface area contributed by atoms with Crippen LogP contribution in [0.1, 0.15) is 37.6 Å². The molecule has 8 heteroatoms. The van der Waals surface area contributed by atoms with Crippen LogP contribution >= 0.6 is 0 Å². The van der Waals surface area contributed by atoms with Crippen molar-refractivity contribution in [2.24, 2.45) is 5.92 Å². The highest BCUT2D eigenvalue weighted by Gasteiger charge is 2.35. The minimum absolute atomic E-state index is 0.0243. The molecule has 0 unspecified atom stereocenters. The van der Waals surface area contributed by atoms with Crippen molar-refractivity contribution in [1.82, 2.24) is 14.8 Å². The van der Waals surface area contributed by atoms with E-state index >= 15 is 0 Å². The lowest BCUT2D eigenvalue weighted by atomic mass is 9.97. The molecular formula is C14H23N3O4S. The number of hydrogen-bond donors (Lipinski definition) is 1. The summed E-state index contributed by atoms with van der Waals surface area (Å²) in [6, 6.07) is 0. The molecule has 0 atom stereocenters. The first-order chi connectivity index (χ1) is 10.4. The van der Waals surface area contributed by atoms with Gasteiger partial charge in [0.1, 0.15) is 10.6 Å². The SMILES string of the molecule is CCCNC(=O)C1CCN(S(=O)(=O)c2c(C)noc2C)CC1. The van der Waals surface area contributed by atoms with Crippen LogP contribution in [-0.4, -0.2) is 43.4 Å². The molecule has 1 aliphatic heterocycles. The van der Waals surface area contributed by atoms with Crippen molar-refractivity contribution in [2.45, 2.75) is 44.9 Å². The zero-order valence-corrected chi connectivity index (χ0v) is 14.1. The molecule has 124 valence electrons. The van der Waals surface area contributed by atoms with Crippen molar-refractivity contribution in [3.63, 3.8) is 0 Å². The van der Waals surface area contributed by atoms with Gasteiger partial charge in [0.25, 0.3) is 0 Å². The Bertz CT molecular complexity index is 611. The lowest BCUT2D eigenvalue weighted by molar-refractivity contribution is -0.126. The van der Waals surface area contributed by atoms with E-state index < -0.39 is 10.0 Å². The van der Waals surface area contributed by atoms with Crippen molar-refractivity contribution in [1.29, 1.82) is 0 Å². The number of aromatic nitrogens is 1. The highest BCUT2D eigenvalue weighted by atomic mass is 32.2. The Hall–Kier alpha value is -1.41. The summed E-state index contributed by atoms with van der Waals surface area (Å²) in [4.78, 5) is 12.1. The molecule has 1 amide bonds. The van der Waals surface area contributed by atoms with E-state index in [9.17, 15) is 13.2 Å². The van der Waals surface area contributed by atoms with Gasteiger partial charge in [0.15, 0.2) is 5.76 Å². The van der Waals surface area contributed by atoms with Crippen LogP contribution in [0.3, 0.4) is 0 Å². The number of hydrogen-bond acceptors (Lipinski definition) is 5. The molecule has 0 aromatic carbocycles. The van der Waals surface area contributed by atoms with E-state index in [-0.39, 0.29) is 16.7 Å². The van der Waals surface area contributed by atoms with Crippen LogP contribution in [0.5, 0.6) is 0 Å². The smallest absolute Gasteiger partial charge is 0.248 e. The summed E-state index contributed by atoms with van der Waals surface area (Å²) in [6.45, 7) is 6.56. The molecule has 1 saturated heterocycles. The fourth-order valence-electron chi connectivity index (χ4n) is 2.72. The molecule has 0 aliphatic carbocycles. The number of carbonyl (C=O) groups excluding carboxylic acids is 1. The summed E-state index contributed by atoms with van der Waals surface area (Å²) in [5, 5.41) is 6.58. The topological polar surface area (TPSA) is 92.5 Å². The van der Waals surface area contributed by atoms with Crippen LogP contribution in [0, 0.1) is 19.8 Å². The third-order valence-electron chi connectivity index (χ3n) is 3.94. The molecule has 0 radical (unpaired) electrons. The first kappa shape index (κ1) is 17.0. The number of aryl methyl sites for hydroxylation is 2. The van der Waals surface area contributed by atoms with Crippen LogP contribution < -0.4 is 5.32 Å². The minimum Gasteiger partial charge on any atom is -0.360 e. The third kappa shape index (κ3) is 3.33. The van der Waals surface area contributed by atoms with Crippen molar-refractivity contribution in [3.05, 3.63) is 11.5 Å². The zero-order valence-electron chi connectivity index (χ0n) is 13.3. The van der Waals surface area contributed by atoms with Crippen LogP contribution in [0.4, 0.5) is 0 Å². The monoisotopic (exact) mass is 329 g/mol. The molecule has 22 heavy (non-hydrogen) atoms. The van der Waals surface area contributed by atoms with Gasteiger partial charge in [-0.3, -0.25) is 4.79 Å². The Morgan fingerprint density at radius 1 is 1.36 bits per heavy atom. The fourth-order valence-corrected chi connectivity index (χ4v) is 4.48. The maximum absolute atomic E-state index is 12.7. The summed E-state index contributed by atoms with van der Waals surface area (Å²) in [5.74, 6) is 0.221. The molecule has 0 spiro atoms. The molecule has 2 heterocycles. The lowest BCUT2D eigenvalue weighted by Gasteiger charge is -2.30. The third-order valence-corrected chi connectivity index (χ3v) is 6.08. The highest BCUT2D eigenvalue weighted by molar-refractivity contribution is 7.89. The van der Waals surface area contributed by atoms with Gasteiger partial charge < -0.3 is 9.84 Å². The maximum Gasteiger partial charge on any atom is 0.248 e. The molecule has 0 saturated carbocycles.